The maximum atomic E-state index is 10.7. The molecule has 0 spiro atoms. The second-order valence-corrected chi connectivity index (χ2v) is 3.16. The maximum Gasteiger partial charge on any atom is 0.416 e. The number of H-pyrrole nitrogens is 1. The van der Waals surface area contributed by atoms with Gasteiger partial charge in [-0.3, -0.25) is 4.98 Å². The standard InChI is InChI=1S/C11H11NO2/c13-11-12-10(8-14-11)7-6-9-4-2-1-3-5-9/h1-5,8H,6-7H2,(H,12,13). The SMILES string of the molecule is O=c1[nH]c(CCc2ccccc2)co1. The fourth-order valence-electron chi connectivity index (χ4n) is 1.36. The van der Waals surface area contributed by atoms with Crippen LogP contribution in [0.5, 0.6) is 0 Å². The minimum Gasteiger partial charge on any atom is -0.416 e. The lowest BCUT2D eigenvalue weighted by atomic mass is 10.1. The van der Waals surface area contributed by atoms with Crippen molar-refractivity contribution < 1.29 is 4.42 Å². The zero-order valence-electron chi connectivity index (χ0n) is 7.69. The van der Waals surface area contributed by atoms with Crippen molar-refractivity contribution in [2.45, 2.75) is 12.8 Å². The van der Waals surface area contributed by atoms with E-state index in [0.29, 0.717) is 0 Å². The van der Waals surface area contributed by atoms with Crippen LogP contribution >= 0.6 is 0 Å². The Morgan fingerprint density at radius 2 is 1.93 bits per heavy atom. The smallest absolute Gasteiger partial charge is 0.416 e. The van der Waals surface area contributed by atoms with Crippen molar-refractivity contribution >= 4 is 0 Å². The number of rotatable bonds is 3. The summed E-state index contributed by atoms with van der Waals surface area (Å²) in [6.45, 7) is 0. The highest BCUT2D eigenvalue weighted by molar-refractivity contribution is 5.15. The Kier molecular flexibility index (Phi) is 2.49. The van der Waals surface area contributed by atoms with Crippen molar-refractivity contribution in [3.05, 3.63) is 58.4 Å². The molecule has 2 aromatic rings. The quantitative estimate of drug-likeness (QED) is 0.799. The lowest BCUT2D eigenvalue weighted by Gasteiger charge is -1.97. The minimum absolute atomic E-state index is 0.381. The fraction of sp³-hybridized carbons (Fsp3) is 0.182. The van der Waals surface area contributed by atoms with E-state index in [-0.39, 0.29) is 5.76 Å². The third-order valence-corrected chi connectivity index (χ3v) is 2.10. The van der Waals surface area contributed by atoms with Gasteiger partial charge in [0.05, 0.1) is 5.69 Å². The molecule has 72 valence electrons. The number of benzene rings is 1. The normalized spacial score (nSPS) is 10.3. The molecule has 0 saturated carbocycles. The Hall–Kier alpha value is -1.77. The molecule has 0 saturated heterocycles. The van der Waals surface area contributed by atoms with Gasteiger partial charge in [0, 0.05) is 0 Å². The first-order valence-electron chi connectivity index (χ1n) is 4.55. The molecule has 0 fully saturated rings. The number of aryl methyl sites for hydroxylation is 2. The molecule has 0 atom stereocenters. The van der Waals surface area contributed by atoms with Crippen LogP contribution in [-0.2, 0) is 12.8 Å². The van der Waals surface area contributed by atoms with Crippen LogP contribution in [0.1, 0.15) is 11.3 Å². The highest BCUT2D eigenvalue weighted by atomic mass is 16.4. The van der Waals surface area contributed by atoms with Crippen molar-refractivity contribution in [3.8, 4) is 0 Å². The molecule has 1 N–H and O–H groups in total. The first-order chi connectivity index (χ1) is 6.84. The number of hydrogen-bond donors (Lipinski definition) is 1. The lowest BCUT2D eigenvalue weighted by Crippen LogP contribution is -1.98. The van der Waals surface area contributed by atoms with Crippen LogP contribution in [-0.4, -0.2) is 4.98 Å². The molecule has 3 heteroatoms. The van der Waals surface area contributed by atoms with Gasteiger partial charge >= 0.3 is 5.76 Å². The Morgan fingerprint density at radius 3 is 2.57 bits per heavy atom. The number of aromatic nitrogens is 1. The van der Waals surface area contributed by atoms with E-state index in [4.69, 9.17) is 0 Å². The summed E-state index contributed by atoms with van der Waals surface area (Å²) in [5.41, 5.74) is 2.11. The van der Waals surface area contributed by atoms with Crippen molar-refractivity contribution in [1.82, 2.24) is 4.98 Å². The van der Waals surface area contributed by atoms with Gasteiger partial charge in [-0.2, -0.15) is 0 Å². The summed E-state index contributed by atoms with van der Waals surface area (Å²) in [7, 11) is 0. The zero-order valence-corrected chi connectivity index (χ0v) is 7.69. The predicted octanol–water partition coefficient (Wildman–Crippen LogP) is 1.75. The van der Waals surface area contributed by atoms with Gasteiger partial charge < -0.3 is 4.42 Å². The molecule has 0 aliphatic carbocycles. The Morgan fingerprint density at radius 1 is 1.14 bits per heavy atom. The maximum absolute atomic E-state index is 10.7. The van der Waals surface area contributed by atoms with Gasteiger partial charge in [-0.25, -0.2) is 4.79 Å². The van der Waals surface area contributed by atoms with Gasteiger partial charge in [0.2, 0.25) is 0 Å². The van der Waals surface area contributed by atoms with Crippen molar-refractivity contribution in [2.75, 3.05) is 0 Å². The first kappa shape index (κ1) is 8.81. The van der Waals surface area contributed by atoms with E-state index in [2.05, 4.69) is 21.5 Å². The molecule has 1 aromatic heterocycles. The largest absolute Gasteiger partial charge is 0.416 e. The number of hydrogen-bond acceptors (Lipinski definition) is 2. The van der Waals surface area contributed by atoms with Crippen molar-refractivity contribution in [3.63, 3.8) is 0 Å². The van der Waals surface area contributed by atoms with E-state index in [1.165, 1.54) is 11.8 Å². The second kappa shape index (κ2) is 3.96. The summed E-state index contributed by atoms with van der Waals surface area (Å²) in [5.74, 6) is -0.381. The average Bonchev–Trinajstić information content (AvgIpc) is 2.63. The monoisotopic (exact) mass is 189 g/mol. The van der Waals surface area contributed by atoms with Crippen LogP contribution in [0.25, 0.3) is 0 Å². The average molecular weight is 189 g/mol. The zero-order chi connectivity index (χ0) is 9.80. The predicted molar refractivity (Wildman–Crippen MR) is 53.2 cm³/mol. The van der Waals surface area contributed by atoms with Crippen LogP contribution in [0, 0.1) is 0 Å². The molecule has 0 radical (unpaired) electrons. The fourth-order valence-corrected chi connectivity index (χ4v) is 1.36. The van der Waals surface area contributed by atoms with Gasteiger partial charge in [-0.15, -0.1) is 0 Å². The van der Waals surface area contributed by atoms with E-state index >= 15 is 0 Å². The Bertz CT molecular complexity index is 442. The minimum atomic E-state index is -0.381. The van der Waals surface area contributed by atoms with Gasteiger partial charge in [0.1, 0.15) is 6.26 Å². The van der Waals surface area contributed by atoms with E-state index in [9.17, 15) is 4.79 Å². The second-order valence-electron chi connectivity index (χ2n) is 3.16. The topological polar surface area (TPSA) is 46.0 Å². The summed E-state index contributed by atoms with van der Waals surface area (Å²) >= 11 is 0. The summed E-state index contributed by atoms with van der Waals surface area (Å²) < 4.78 is 4.64. The number of aromatic amines is 1. The van der Waals surface area contributed by atoms with E-state index in [0.717, 1.165) is 18.5 Å². The van der Waals surface area contributed by atoms with Crippen molar-refractivity contribution in [2.24, 2.45) is 0 Å². The third-order valence-electron chi connectivity index (χ3n) is 2.10. The van der Waals surface area contributed by atoms with E-state index < -0.39 is 0 Å². The summed E-state index contributed by atoms with van der Waals surface area (Å²) in [5, 5.41) is 0. The molecule has 1 aromatic carbocycles. The molecule has 3 nitrogen and oxygen atoms in total. The molecular weight excluding hydrogens is 178 g/mol. The van der Waals surface area contributed by atoms with Crippen LogP contribution < -0.4 is 5.76 Å². The molecule has 2 rings (SSSR count). The summed E-state index contributed by atoms with van der Waals surface area (Å²) in [6, 6.07) is 10.1. The van der Waals surface area contributed by atoms with Crippen LogP contribution in [0.3, 0.4) is 0 Å². The van der Waals surface area contributed by atoms with Crippen LogP contribution in [0.2, 0.25) is 0 Å². The summed E-state index contributed by atoms with van der Waals surface area (Å²) in [4.78, 5) is 13.3. The van der Waals surface area contributed by atoms with Gasteiger partial charge in [0.25, 0.3) is 0 Å². The number of oxazole rings is 1. The molecule has 0 aliphatic rings. The van der Waals surface area contributed by atoms with Gasteiger partial charge in [-0.1, -0.05) is 30.3 Å². The lowest BCUT2D eigenvalue weighted by molar-refractivity contribution is 0.514. The van der Waals surface area contributed by atoms with E-state index in [1.54, 1.807) is 0 Å². The molecule has 0 bridgehead atoms. The molecule has 0 unspecified atom stereocenters. The van der Waals surface area contributed by atoms with Gasteiger partial charge in [0.15, 0.2) is 0 Å². The first-order valence-corrected chi connectivity index (χ1v) is 4.55. The molecule has 0 aliphatic heterocycles. The Labute approximate surface area is 81.4 Å². The molecule has 1 heterocycles. The Balaban J connectivity index is 1.98. The van der Waals surface area contributed by atoms with Crippen LogP contribution in [0.15, 0.2) is 45.8 Å². The number of nitrogens with one attached hydrogen (secondary N) is 1. The highest BCUT2D eigenvalue weighted by Gasteiger charge is 1.98. The third kappa shape index (κ3) is 2.13. The van der Waals surface area contributed by atoms with Gasteiger partial charge in [-0.05, 0) is 18.4 Å². The van der Waals surface area contributed by atoms with Crippen LogP contribution in [0.4, 0.5) is 0 Å². The van der Waals surface area contributed by atoms with E-state index in [1.807, 2.05) is 18.2 Å². The van der Waals surface area contributed by atoms with Crippen molar-refractivity contribution in [1.29, 1.82) is 0 Å². The molecule has 14 heavy (non-hydrogen) atoms. The molecule has 0 amide bonds. The summed E-state index contributed by atoms with van der Waals surface area (Å²) in [6.07, 6.45) is 3.19. The molecular formula is C11H11NO2. The highest BCUT2D eigenvalue weighted by Crippen LogP contribution is 2.03.